The van der Waals surface area contributed by atoms with Gasteiger partial charge in [-0.3, -0.25) is 4.79 Å². The Morgan fingerprint density at radius 3 is 2.38 bits per heavy atom. The summed E-state index contributed by atoms with van der Waals surface area (Å²) in [5.41, 5.74) is 1.23. The van der Waals surface area contributed by atoms with Gasteiger partial charge in [-0.15, -0.1) is 11.3 Å². The van der Waals surface area contributed by atoms with Crippen LogP contribution in [0.1, 0.15) is 20.7 Å². The van der Waals surface area contributed by atoms with E-state index in [0.717, 1.165) is 20.5 Å². The summed E-state index contributed by atoms with van der Waals surface area (Å²) in [6.45, 7) is 0. The standard InChI is InChI=1S/C19H11Cl3INO4S/c1-28-16-12(20)6-10(14(21)15(16)22)17(25)24-18-13(19(26)27)11(7-29-18)8-2-4-9(23)5-3-8/h2-7H,1H3,(H,24,25)(H,26,27). The van der Waals surface area contributed by atoms with Gasteiger partial charge in [0.05, 0.1) is 22.7 Å². The number of carbonyl (C=O) groups is 2. The maximum absolute atomic E-state index is 12.8. The fraction of sp³-hybridized carbons (Fsp3) is 0.0526. The number of hydrogen-bond donors (Lipinski definition) is 2. The third kappa shape index (κ3) is 4.49. The van der Waals surface area contributed by atoms with Gasteiger partial charge in [-0.1, -0.05) is 46.9 Å². The third-order valence-corrected chi connectivity index (χ3v) is 6.70. The predicted molar refractivity (Wildman–Crippen MR) is 125 cm³/mol. The third-order valence-electron chi connectivity index (χ3n) is 3.95. The van der Waals surface area contributed by atoms with Crippen molar-refractivity contribution in [2.24, 2.45) is 0 Å². The van der Waals surface area contributed by atoms with Crippen molar-refractivity contribution in [1.82, 2.24) is 0 Å². The zero-order valence-corrected chi connectivity index (χ0v) is 19.8. The van der Waals surface area contributed by atoms with E-state index in [0.29, 0.717) is 5.56 Å². The molecule has 3 aromatic rings. The summed E-state index contributed by atoms with van der Waals surface area (Å²) in [7, 11) is 1.38. The first kappa shape index (κ1) is 22.2. The van der Waals surface area contributed by atoms with E-state index in [1.807, 2.05) is 24.3 Å². The van der Waals surface area contributed by atoms with Gasteiger partial charge >= 0.3 is 5.97 Å². The number of carboxylic acids is 1. The Morgan fingerprint density at radius 2 is 1.79 bits per heavy atom. The number of carbonyl (C=O) groups excluding carboxylic acids is 1. The summed E-state index contributed by atoms with van der Waals surface area (Å²) in [6.07, 6.45) is 0. The van der Waals surface area contributed by atoms with E-state index >= 15 is 0 Å². The monoisotopic (exact) mass is 581 g/mol. The van der Waals surface area contributed by atoms with Gasteiger partial charge in [0.25, 0.3) is 5.91 Å². The summed E-state index contributed by atoms with van der Waals surface area (Å²) in [5.74, 6) is -1.65. The zero-order valence-electron chi connectivity index (χ0n) is 14.6. The number of carboxylic acid groups (broad SMARTS) is 1. The van der Waals surface area contributed by atoms with Crippen molar-refractivity contribution in [2.75, 3.05) is 12.4 Å². The van der Waals surface area contributed by atoms with E-state index < -0.39 is 11.9 Å². The highest BCUT2D eigenvalue weighted by atomic mass is 127. The molecule has 0 unspecified atom stereocenters. The van der Waals surface area contributed by atoms with E-state index in [4.69, 9.17) is 39.5 Å². The quantitative estimate of drug-likeness (QED) is 0.253. The molecule has 0 aliphatic rings. The fourth-order valence-electron chi connectivity index (χ4n) is 2.61. The van der Waals surface area contributed by atoms with Crippen molar-refractivity contribution < 1.29 is 19.4 Å². The lowest BCUT2D eigenvalue weighted by atomic mass is 10.0. The molecule has 1 amide bonds. The van der Waals surface area contributed by atoms with Crippen LogP contribution in [0.3, 0.4) is 0 Å². The molecule has 0 aliphatic carbocycles. The first-order valence-corrected chi connectivity index (χ1v) is 11.0. The van der Waals surface area contributed by atoms with Gasteiger partial charge < -0.3 is 15.2 Å². The first-order chi connectivity index (χ1) is 13.7. The second kappa shape index (κ2) is 9.09. The second-order valence-electron chi connectivity index (χ2n) is 5.69. The summed E-state index contributed by atoms with van der Waals surface area (Å²) in [4.78, 5) is 24.7. The van der Waals surface area contributed by atoms with Gasteiger partial charge in [0.15, 0.2) is 5.75 Å². The van der Waals surface area contributed by atoms with Gasteiger partial charge in [-0.2, -0.15) is 0 Å². The highest BCUT2D eigenvalue weighted by Gasteiger charge is 2.24. The van der Waals surface area contributed by atoms with E-state index in [1.54, 1.807) is 5.38 Å². The Labute approximate surface area is 198 Å². The number of benzene rings is 2. The Bertz CT molecular complexity index is 1120. The van der Waals surface area contributed by atoms with Crippen LogP contribution in [0.5, 0.6) is 5.75 Å². The van der Waals surface area contributed by atoms with Crippen LogP contribution in [0, 0.1) is 3.57 Å². The Kier molecular flexibility index (Phi) is 6.95. The average Bonchev–Trinajstić information content (AvgIpc) is 3.09. The van der Waals surface area contributed by atoms with Crippen LogP contribution >= 0.6 is 68.7 Å². The summed E-state index contributed by atoms with van der Waals surface area (Å²) >= 11 is 21.7. The minimum atomic E-state index is -1.16. The van der Waals surface area contributed by atoms with E-state index in [-0.39, 0.29) is 36.9 Å². The zero-order chi connectivity index (χ0) is 21.3. The average molecular weight is 583 g/mol. The van der Waals surface area contributed by atoms with Crippen LogP contribution in [0.4, 0.5) is 5.00 Å². The highest BCUT2D eigenvalue weighted by molar-refractivity contribution is 14.1. The van der Waals surface area contributed by atoms with Gasteiger partial charge in [0, 0.05) is 14.5 Å². The molecule has 0 saturated heterocycles. The van der Waals surface area contributed by atoms with Crippen LogP contribution in [0.15, 0.2) is 35.7 Å². The smallest absolute Gasteiger partial charge is 0.339 e. The van der Waals surface area contributed by atoms with Crippen molar-refractivity contribution in [3.05, 3.63) is 65.5 Å². The molecule has 29 heavy (non-hydrogen) atoms. The van der Waals surface area contributed by atoms with Crippen LogP contribution < -0.4 is 10.1 Å². The van der Waals surface area contributed by atoms with Crippen molar-refractivity contribution in [1.29, 1.82) is 0 Å². The fourth-order valence-corrected chi connectivity index (χ4v) is 4.76. The molecule has 0 bridgehead atoms. The molecule has 0 spiro atoms. The molecule has 0 atom stereocenters. The molecule has 1 heterocycles. The van der Waals surface area contributed by atoms with Gasteiger partial charge in [-0.05, 0) is 46.4 Å². The molecular weight excluding hydrogens is 572 g/mol. The lowest BCUT2D eigenvalue weighted by Crippen LogP contribution is -2.14. The van der Waals surface area contributed by atoms with Gasteiger partial charge in [0.2, 0.25) is 0 Å². The van der Waals surface area contributed by atoms with Crippen molar-refractivity contribution in [2.45, 2.75) is 0 Å². The maximum atomic E-state index is 12.8. The number of nitrogens with one attached hydrogen (secondary N) is 1. The largest absolute Gasteiger partial charge is 0.494 e. The van der Waals surface area contributed by atoms with Crippen molar-refractivity contribution in [3.63, 3.8) is 0 Å². The first-order valence-electron chi connectivity index (χ1n) is 7.88. The molecule has 5 nitrogen and oxygen atoms in total. The number of aromatic carboxylic acids is 1. The number of rotatable bonds is 5. The molecular formula is C19H11Cl3INO4S. The number of halogens is 4. The minimum Gasteiger partial charge on any atom is -0.494 e. The number of anilines is 1. The number of ether oxygens (including phenoxy) is 1. The number of methoxy groups -OCH3 is 1. The molecule has 2 aromatic carbocycles. The topological polar surface area (TPSA) is 75.6 Å². The highest BCUT2D eigenvalue weighted by Crippen LogP contribution is 2.41. The number of hydrogen-bond acceptors (Lipinski definition) is 4. The summed E-state index contributed by atoms with van der Waals surface area (Å²) in [5, 5.41) is 14.2. The lowest BCUT2D eigenvalue weighted by molar-refractivity contribution is 0.0699. The molecule has 0 aliphatic heterocycles. The molecule has 150 valence electrons. The van der Waals surface area contributed by atoms with Crippen LogP contribution in [0.25, 0.3) is 11.1 Å². The van der Waals surface area contributed by atoms with Crippen molar-refractivity contribution in [3.8, 4) is 16.9 Å². The van der Waals surface area contributed by atoms with Crippen LogP contribution in [-0.2, 0) is 0 Å². The second-order valence-corrected chi connectivity index (χ2v) is 8.98. The van der Waals surface area contributed by atoms with Crippen LogP contribution in [0.2, 0.25) is 15.1 Å². The Hall–Kier alpha value is -1.52. The SMILES string of the molecule is COc1c(Cl)cc(C(=O)Nc2scc(-c3ccc(I)cc3)c2C(=O)O)c(Cl)c1Cl. The predicted octanol–water partition coefficient (Wildman–Crippen LogP) is 6.94. The lowest BCUT2D eigenvalue weighted by Gasteiger charge is -2.12. The van der Waals surface area contributed by atoms with Gasteiger partial charge in [-0.25, -0.2) is 4.79 Å². The number of thiophene rings is 1. The number of amides is 1. The Morgan fingerprint density at radius 1 is 1.14 bits per heavy atom. The van der Waals surface area contributed by atoms with E-state index in [1.165, 1.54) is 13.2 Å². The normalized spacial score (nSPS) is 10.7. The molecule has 10 heteroatoms. The van der Waals surface area contributed by atoms with E-state index in [2.05, 4.69) is 27.9 Å². The summed E-state index contributed by atoms with van der Waals surface area (Å²) < 4.78 is 6.09. The molecule has 1 aromatic heterocycles. The molecule has 0 fully saturated rings. The van der Waals surface area contributed by atoms with E-state index in [9.17, 15) is 14.7 Å². The van der Waals surface area contributed by atoms with Crippen LogP contribution in [-0.4, -0.2) is 24.1 Å². The summed E-state index contributed by atoms with van der Waals surface area (Å²) in [6, 6.07) is 8.71. The minimum absolute atomic E-state index is 0.00280. The molecule has 2 N–H and O–H groups in total. The molecule has 0 radical (unpaired) electrons. The van der Waals surface area contributed by atoms with Crippen molar-refractivity contribution >= 4 is 85.6 Å². The molecule has 3 rings (SSSR count). The molecule has 0 saturated carbocycles. The van der Waals surface area contributed by atoms with Gasteiger partial charge in [0.1, 0.15) is 15.6 Å². The maximum Gasteiger partial charge on any atom is 0.339 e. The Balaban J connectivity index is 2.00.